The van der Waals surface area contributed by atoms with Crippen LogP contribution in [0.5, 0.6) is 0 Å². The van der Waals surface area contributed by atoms with Crippen LogP contribution in [0.2, 0.25) is 0 Å². The molecule has 1 aliphatic heterocycles. The van der Waals surface area contributed by atoms with Gasteiger partial charge in [-0.25, -0.2) is 0 Å². The summed E-state index contributed by atoms with van der Waals surface area (Å²) in [5.74, 6) is 0.861. The second-order valence-corrected chi connectivity index (χ2v) is 7.25. The van der Waals surface area contributed by atoms with Gasteiger partial charge in [-0.3, -0.25) is 9.48 Å². The van der Waals surface area contributed by atoms with Crippen molar-refractivity contribution < 1.29 is 9.53 Å². The predicted molar refractivity (Wildman–Crippen MR) is 97.3 cm³/mol. The standard InChI is InChI=1S/C18H23N3O2S/c1-21-17(13-16(20-21)14-5-3-2-4-6-14)18(22)19-9-12-24-15-7-10-23-11-8-15/h2-6,13,15H,7-12H2,1H3,(H,19,22). The summed E-state index contributed by atoms with van der Waals surface area (Å²) in [4.78, 5) is 12.4. The van der Waals surface area contributed by atoms with Gasteiger partial charge in [0.15, 0.2) is 0 Å². The summed E-state index contributed by atoms with van der Waals surface area (Å²) in [5.41, 5.74) is 2.42. The van der Waals surface area contributed by atoms with Crippen molar-refractivity contribution in [2.45, 2.75) is 18.1 Å². The van der Waals surface area contributed by atoms with Crippen molar-refractivity contribution in [2.24, 2.45) is 7.05 Å². The fourth-order valence-electron chi connectivity index (χ4n) is 2.75. The number of carbonyl (C=O) groups excluding carboxylic acids is 1. The number of nitrogens with zero attached hydrogens (tertiary/aromatic N) is 2. The van der Waals surface area contributed by atoms with Crippen LogP contribution in [-0.2, 0) is 11.8 Å². The third-order valence-electron chi connectivity index (χ3n) is 4.09. The minimum absolute atomic E-state index is 0.0697. The summed E-state index contributed by atoms with van der Waals surface area (Å²) in [5, 5.41) is 8.10. The molecule has 2 heterocycles. The Morgan fingerprint density at radius 2 is 2.08 bits per heavy atom. The number of hydrogen-bond acceptors (Lipinski definition) is 4. The molecule has 1 saturated heterocycles. The number of rotatable bonds is 6. The van der Waals surface area contributed by atoms with Crippen LogP contribution in [-0.4, -0.2) is 46.4 Å². The predicted octanol–water partition coefficient (Wildman–Crippen LogP) is 2.73. The topological polar surface area (TPSA) is 56.2 Å². The van der Waals surface area contributed by atoms with Gasteiger partial charge in [0.25, 0.3) is 5.91 Å². The molecule has 0 aliphatic carbocycles. The van der Waals surface area contributed by atoms with E-state index in [2.05, 4.69) is 10.4 Å². The van der Waals surface area contributed by atoms with E-state index in [1.54, 1.807) is 11.7 Å². The maximum Gasteiger partial charge on any atom is 0.269 e. The lowest BCUT2D eigenvalue weighted by molar-refractivity contribution is 0.0946. The monoisotopic (exact) mass is 345 g/mol. The molecule has 1 aromatic heterocycles. The first-order valence-corrected chi connectivity index (χ1v) is 9.36. The second kappa shape index (κ2) is 8.35. The highest BCUT2D eigenvalue weighted by Crippen LogP contribution is 2.21. The molecule has 0 atom stereocenters. The molecule has 24 heavy (non-hydrogen) atoms. The van der Waals surface area contributed by atoms with Gasteiger partial charge in [-0.2, -0.15) is 16.9 Å². The minimum Gasteiger partial charge on any atom is -0.381 e. The average molecular weight is 345 g/mol. The molecule has 6 heteroatoms. The molecular weight excluding hydrogens is 322 g/mol. The van der Waals surface area contributed by atoms with Gasteiger partial charge < -0.3 is 10.1 Å². The summed E-state index contributed by atoms with van der Waals surface area (Å²) in [6.45, 7) is 2.40. The van der Waals surface area contributed by atoms with E-state index in [1.807, 2.05) is 48.2 Å². The highest BCUT2D eigenvalue weighted by molar-refractivity contribution is 7.99. The summed E-state index contributed by atoms with van der Waals surface area (Å²) >= 11 is 1.92. The molecule has 0 spiro atoms. The number of ether oxygens (including phenoxy) is 1. The zero-order chi connectivity index (χ0) is 16.8. The van der Waals surface area contributed by atoms with Crippen LogP contribution < -0.4 is 5.32 Å². The van der Waals surface area contributed by atoms with Gasteiger partial charge in [-0.05, 0) is 18.9 Å². The van der Waals surface area contributed by atoms with Crippen LogP contribution in [0.15, 0.2) is 36.4 Å². The van der Waals surface area contributed by atoms with E-state index in [9.17, 15) is 4.79 Å². The number of hydrogen-bond donors (Lipinski definition) is 1. The summed E-state index contributed by atoms with van der Waals surface area (Å²) in [6.07, 6.45) is 2.22. The Hall–Kier alpha value is -1.79. The van der Waals surface area contributed by atoms with Gasteiger partial charge in [-0.15, -0.1) is 0 Å². The molecule has 0 unspecified atom stereocenters. The SMILES string of the molecule is Cn1nc(-c2ccccc2)cc1C(=O)NCCSC1CCOCC1. The normalized spacial score (nSPS) is 15.4. The maximum absolute atomic E-state index is 12.4. The van der Waals surface area contributed by atoms with Crippen molar-refractivity contribution in [3.63, 3.8) is 0 Å². The van der Waals surface area contributed by atoms with Crippen molar-refractivity contribution in [3.8, 4) is 11.3 Å². The number of aromatic nitrogens is 2. The van der Waals surface area contributed by atoms with Crippen LogP contribution >= 0.6 is 11.8 Å². The number of thioether (sulfide) groups is 1. The first kappa shape index (κ1) is 17.0. The fraction of sp³-hybridized carbons (Fsp3) is 0.444. The lowest BCUT2D eigenvalue weighted by Crippen LogP contribution is -2.28. The number of nitrogens with one attached hydrogen (secondary N) is 1. The number of amides is 1. The van der Waals surface area contributed by atoms with Crippen LogP contribution in [0.25, 0.3) is 11.3 Å². The largest absolute Gasteiger partial charge is 0.381 e. The highest BCUT2D eigenvalue weighted by atomic mass is 32.2. The van der Waals surface area contributed by atoms with E-state index in [1.165, 1.54) is 0 Å². The molecule has 1 amide bonds. The quantitative estimate of drug-likeness (QED) is 0.818. The summed E-state index contributed by atoms with van der Waals surface area (Å²) < 4.78 is 7.00. The Balaban J connectivity index is 1.51. The molecule has 1 aliphatic rings. The van der Waals surface area contributed by atoms with Crippen LogP contribution in [0.4, 0.5) is 0 Å². The minimum atomic E-state index is -0.0697. The number of benzene rings is 1. The summed E-state index contributed by atoms with van der Waals surface area (Å²) in [7, 11) is 1.80. The molecule has 1 N–H and O–H groups in total. The highest BCUT2D eigenvalue weighted by Gasteiger charge is 2.16. The molecule has 0 bridgehead atoms. The van der Waals surface area contributed by atoms with E-state index in [0.29, 0.717) is 17.5 Å². The molecule has 0 saturated carbocycles. The van der Waals surface area contributed by atoms with Gasteiger partial charge >= 0.3 is 0 Å². The van der Waals surface area contributed by atoms with Crippen molar-refractivity contribution in [2.75, 3.05) is 25.5 Å². The third kappa shape index (κ3) is 4.39. The average Bonchev–Trinajstić information content (AvgIpc) is 3.02. The lowest BCUT2D eigenvalue weighted by Gasteiger charge is -2.21. The molecule has 0 radical (unpaired) electrons. The Morgan fingerprint density at radius 3 is 2.83 bits per heavy atom. The molecule has 1 fully saturated rings. The van der Waals surface area contributed by atoms with Crippen LogP contribution in [0, 0.1) is 0 Å². The van der Waals surface area contributed by atoms with Crippen molar-refractivity contribution in [3.05, 3.63) is 42.1 Å². The van der Waals surface area contributed by atoms with E-state index in [0.717, 1.165) is 43.1 Å². The first-order chi connectivity index (χ1) is 11.7. The molecule has 3 rings (SSSR count). The van der Waals surface area contributed by atoms with Gasteiger partial charge in [0.2, 0.25) is 0 Å². The Morgan fingerprint density at radius 1 is 1.33 bits per heavy atom. The smallest absolute Gasteiger partial charge is 0.269 e. The van der Waals surface area contributed by atoms with Crippen molar-refractivity contribution >= 4 is 17.7 Å². The number of aryl methyl sites for hydroxylation is 1. The van der Waals surface area contributed by atoms with E-state index >= 15 is 0 Å². The van der Waals surface area contributed by atoms with Gasteiger partial charge in [-0.1, -0.05) is 30.3 Å². The molecule has 2 aromatic rings. The zero-order valence-electron chi connectivity index (χ0n) is 13.9. The van der Waals surface area contributed by atoms with Crippen molar-refractivity contribution in [1.82, 2.24) is 15.1 Å². The van der Waals surface area contributed by atoms with Crippen LogP contribution in [0.1, 0.15) is 23.3 Å². The Bertz CT molecular complexity index is 666. The van der Waals surface area contributed by atoms with E-state index in [-0.39, 0.29) is 5.91 Å². The van der Waals surface area contributed by atoms with Gasteiger partial charge in [0, 0.05) is 43.4 Å². The summed E-state index contributed by atoms with van der Waals surface area (Å²) in [6, 6.07) is 11.7. The number of carbonyl (C=O) groups is 1. The second-order valence-electron chi connectivity index (χ2n) is 5.84. The molecule has 128 valence electrons. The maximum atomic E-state index is 12.4. The molecule has 5 nitrogen and oxygen atoms in total. The third-order valence-corrected chi connectivity index (χ3v) is 5.47. The van der Waals surface area contributed by atoms with Crippen LogP contribution in [0.3, 0.4) is 0 Å². The Kier molecular flexibility index (Phi) is 5.93. The zero-order valence-corrected chi connectivity index (χ0v) is 14.7. The Labute approximate surface area is 146 Å². The van der Waals surface area contributed by atoms with Crippen molar-refractivity contribution in [1.29, 1.82) is 0 Å². The van der Waals surface area contributed by atoms with Gasteiger partial charge in [0.05, 0.1) is 5.69 Å². The molecule has 1 aromatic carbocycles. The fourth-order valence-corrected chi connectivity index (χ4v) is 3.83. The van der Waals surface area contributed by atoms with E-state index < -0.39 is 0 Å². The lowest BCUT2D eigenvalue weighted by atomic mass is 10.1. The van der Waals surface area contributed by atoms with E-state index in [4.69, 9.17) is 4.74 Å². The molecular formula is C18H23N3O2S. The first-order valence-electron chi connectivity index (χ1n) is 8.31. The van der Waals surface area contributed by atoms with Gasteiger partial charge in [0.1, 0.15) is 5.69 Å².